The lowest BCUT2D eigenvalue weighted by atomic mass is 9.80. The van der Waals surface area contributed by atoms with Crippen molar-refractivity contribution in [2.24, 2.45) is 11.8 Å². The molecule has 0 radical (unpaired) electrons. The van der Waals surface area contributed by atoms with Gasteiger partial charge in [0.2, 0.25) is 5.82 Å². The van der Waals surface area contributed by atoms with Crippen LogP contribution in [0.2, 0.25) is 0 Å². The highest BCUT2D eigenvalue weighted by Gasteiger charge is 2.36. The number of hydrogen-bond acceptors (Lipinski definition) is 8. The number of aliphatic hydroxyl groups excluding tert-OH is 1. The molecule has 2 aromatic heterocycles. The van der Waals surface area contributed by atoms with Crippen LogP contribution in [-0.4, -0.2) is 75.5 Å². The van der Waals surface area contributed by atoms with Gasteiger partial charge >= 0.3 is 0 Å². The third-order valence-corrected chi connectivity index (χ3v) is 8.95. The van der Waals surface area contributed by atoms with Crippen molar-refractivity contribution in [3.05, 3.63) is 71.7 Å². The first kappa shape index (κ1) is 30.6. The molecule has 2 atom stereocenters. The number of amides is 1. The number of anilines is 2. The van der Waals surface area contributed by atoms with Crippen LogP contribution < -0.4 is 15.4 Å². The molecule has 0 saturated carbocycles. The molecule has 4 aromatic rings. The second kappa shape index (κ2) is 12.9. The Hall–Kier alpha value is -4.42. The molecular formula is C33H36F2N6O4. The molecule has 0 spiro atoms. The molecule has 6 rings (SSSR count). The number of hydrogen-bond donors (Lipinski definition) is 3. The summed E-state index contributed by atoms with van der Waals surface area (Å²) in [5.41, 5.74) is 2.95. The number of ketones is 1. The van der Waals surface area contributed by atoms with E-state index in [1.54, 1.807) is 27.6 Å². The second-order valence-electron chi connectivity index (χ2n) is 11.5. The Labute approximate surface area is 259 Å². The maximum Gasteiger partial charge on any atom is 0.254 e. The third-order valence-electron chi connectivity index (χ3n) is 8.95. The summed E-state index contributed by atoms with van der Waals surface area (Å²) in [6.07, 6.45) is 6.42. The fourth-order valence-corrected chi connectivity index (χ4v) is 6.42. The lowest BCUT2D eigenvalue weighted by Gasteiger charge is -2.35. The van der Waals surface area contributed by atoms with E-state index in [0.29, 0.717) is 73.7 Å². The number of aryl methyl sites for hydroxylation is 1. The number of rotatable bonds is 8. The van der Waals surface area contributed by atoms with Crippen LogP contribution in [0.4, 0.5) is 20.3 Å². The van der Waals surface area contributed by atoms with Crippen molar-refractivity contribution in [2.75, 3.05) is 38.6 Å². The van der Waals surface area contributed by atoms with Crippen LogP contribution >= 0.6 is 0 Å². The lowest BCUT2D eigenvalue weighted by Crippen LogP contribution is -2.48. The Balaban J connectivity index is 1.17. The minimum Gasteiger partial charge on any atom is -0.494 e. The number of benzene rings is 2. The van der Waals surface area contributed by atoms with Gasteiger partial charge in [-0.3, -0.25) is 14.0 Å². The number of β-amino-alcohol motifs (C(OH)–C–C–N with tert-alkyl or cyclic N) is 1. The average Bonchev–Trinajstić information content (AvgIpc) is 3.50. The Kier molecular flexibility index (Phi) is 8.77. The quantitative estimate of drug-likeness (QED) is 0.266. The van der Waals surface area contributed by atoms with Crippen molar-refractivity contribution in [1.82, 2.24) is 24.6 Å². The number of nitrogens with one attached hydrogen (secondary N) is 2. The van der Waals surface area contributed by atoms with Crippen molar-refractivity contribution in [1.29, 1.82) is 0 Å². The molecule has 12 heteroatoms. The predicted octanol–water partition coefficient (Wildman–Crippen LogP) is 4.38. The smallest absolute Gasteiger partial charge is 0.254 e. The number of carbonyl (C=O) groups excluding carboxylic acids is 2. The van der Waals surface area contributed by atoms with Crippen LogP contribution in [0, 0.1) is 23.5 Å². The number of imidazole rings is 1. The summed E-state index contributed by atoms with van der Waals surface area (Å²) in [6, 6.07) is 8.30. The summed E-state index contributed by atoms with van der Waals surface area (Å²) >= 11 is 0. The number of nitrogens with zero attached hydrogens (tertiary/aromatic N) is 4. The normalized spacial score (nSPS) is 19.1. The first-order valence-electron chi connectivity index (χ1n) is 15.3. The van der Waals surface area contributed by atoms with Gasteiger partial charge in [-0.1, -0.05) is 6.92 Å². The molecule has 2 aliphatic heterocycles. The van der Waals surface area contributed by atoms with Gasteiger partial charge < -0.3 is 25.4 Å². The molecule has 2 fully saturated rings. The van der Waals surface area contributed by atoms with E-state index in [4.69, 9.17) is 4.74 Å². The fraction of sp³-hybridized carbons (Fsp3) is 0.394. The zero-order chi connectivity index (χ0) is 31.7. The number of aromatic nitrogens is 3. The SMILES string of the molecule is CCc1cc(Nc2nccn3c(-c4ccc(OC)c(F)c4F)cnc23)ccc1C(=O)N1CCC(C(=O)[C@@H]2CCNC[C@H]2O)CC1. The molecule has 1 amide bonds. The lowest BCUT2D eigenvalue weighted by molar-refractivity contribution is -0.132. The van der Waals surface area contributed by atoms with E-state index >= 15 is 0 Å². The van der Waals surface area contributed by atoms with E-state index in [2.05, 4.69) is 20.6 Å². The van der Waals surface area contributed by atoms with Gasteiger partial charge in [-0.25, -0.2) is 14.4 Å². The highest BCUT2D eigenvalue weighted by Crippen LogP contribution is 2.32. The van der Waals surface area contributed by atoms with Gasteiger partial charge in [0, 0.05) is 60.7 Å². The average molecular weight is 619 g/mol. The second-order valence-corrected chi connectivity index (χ2v) is 11.5. The third kappa shape index (κ3) is 5.87. The van der Waals surface area contributed by atoms with Crippen LogP contribution in [0.3, 0.4) is 0 Å². The van der Waals surface area contributed by atoms with E-state index in [0.717, 1.165) is 12.1 Å². The number of carbonyl (C=O) groups is 2. The van der Waals surface area contributed by atoms with Crippen molar-refractivity contribution >= 4 is 28.8 Å². The van der Waals surface area contributed by atoms with Crippen molar-refractivity contribution in [3.63, 3.8) is 0 Å². The molecule has 10 nitrogen and oxygen atoms in total. The van der Waals surface area contributed by atoms with Crippen molar-refractivity contribution in [3.8, 4) is 17.0 Å². The van der Waals surface area contributed by atoms with Gasteiger partial charge in [0.05, 0.1) is 25.1 Å². The van der Waals surface area contributed by atoms with E-state index in [9.17, 15) is 23.5 Å². The highest BCUT2D eigenvalue weighted by atomic mass is 19.2. The minimum atomic E-state index is -1.08. The maximum absolute atomic E-state index is 14.9. The van der Waals surface area contributed by atoms with Gasteiger partial charge in [-0.05, 0) is 68.1 Å². The zero-order valence-electron chi connectivity index (χ0n) is 25.2. The highest BCUT2D eigenvalue weighted by molar-refractivity contribution is 5.96. The Morgan fingerprint density at radius 1 is 1.11 bits per heavy atom. The minimum absolute atomic E-state index is 0.0337. The molecular weight excluding hydrogens is 582 g/mol. The maximum atomic E-state index is 14.9. The summed E-state index contributed by atoms with van der Waals surface area (Å²) in [4.78, 5) is 37.3. The molecule has 4 heterocycles. The standard InChI is InChI=1S/C33H36F2N6O4/c1-3-19-16-21(4-5-22(19)33(44)40-13-9-20(10-14-40)30(43)24-8-11-36-18-26(24)42)39-31-32-38-17-25(41(32)15-12-37-31)23-6-7-27(45-2)29(35)28(23)34/h4-7,12,15-17,20,24,26,36,42H,3,8-11,13-14,18H2,1-2H3,(H,37,39)/t24-,26-/m1/s1. The number of aliphatic hydroxyl groups is 1. The summed E-state index contributed by atoms with van der Waals surface area (Å²) in [5.74, 6) is -2.30. The number of piperidine rings is 2. The van der Waals surface area contributed by atoms with Gasteiger partial charge in [0.15, 0.2) is 23.0 Å². The summed E-state index contributed by atoms with van der Waals surface area (Å²) in [7, 11) is 1.28. The first-order valence-corrected chi connectivity index (χ1v) is 15.3. The van der Waals surface area contributed by atoms with Crippen molar-refractivity contribution in [2.45, 2.75) is 38.7 Å². The van der Waals surface area contributed by atoms with Crippen LogP contribution in [0.25, 0.3) is 16.9 Å². The molecule has 0 unspecified atom stereocenters. The number of ether oxygens (including phenoxy) is 1. The molecule has 2 saturated heterocycles. The number of halogens is 2. The van der Waals surface area contributed by atoms with Gasteiger partial charge in [-0.15, -0.1) is 0 Å². The molecule has 2 aliphatic rings. The number of Topliss-reactive ketones (excluding diaryl/α,β-unsaturated/α-hetero) is 1. The molecule has 45 heavy (non-hydrogen) atoms. The molecule has 2 aromatic carbocycles. The summed E-state index contributed by atoms with van der Waals surface area (Å²) in [5, 5.41) is 16.7. The molecule has 0 aliphatic carbocycles. The molecule has 0 bridgehead atoms. The van der Waals surface area contributed by atoms with E-state index < -0.39 is 17.7 Å². The van der Waals surface area contributed by atoms with Gasteiger partial charge in [-0.2, -0.15) is 4.39 Å². The van der Waals surface area contributed by atoms with E-state index in [1.165, 1.54) is 31.6 Å². The Bertz CT molecular complexity index is 1740. The van der Waals surface area contributed by atoms with Crippen LogP contribution in [-0.2, 0) is 11.2 Å². The number of fused-ring (bicyclic) bond motifs is 1. The largest absolute Gasteiger partial charge is 0.494 e. The van der Waals surface area contributed by atoms with Crippen LogP contribution in [0.5, 0.6) is 5.75 Å². The number of likely N-dealkylation sites (tertiary alicyclic amines) is 1. The first-order chi connectivity index (χ1) is 21.8. The Morgan fingerprint density at radius 2 is 1.91 bits per heavy atom. The summed E-state index contributed by atoms with van der Waals surface area (Å²) < 4.78 is 35.8. The number of methoxy groups -OCH3 is 1. The zero-order valence-corrected chi connectivity index (χ0v) is 25.2. The van der Waals surface area contributed by atoms with E-state index in [1.807, 2.05) is 13.0 Å². The Morgan fingerprint density at radius 3 is 2.64 bits per heavy atom. The van der Waals surface area contributed by atoms with Crippen LogP contribution in [0.1, 0.15) is 42.1 Å². The predicted molar refractivity (Wildman–Crippen MR) is 165 cm³/mol. The molecule has 3 N–H and O–H groups in total. The molecule has 236 valence electrons. The van der Waals surface area contributed by atoms with Gasteiger partial charge in [0.25, 0.3) is 5.91 Å². The van der Waals surface area contributed by atoms with Crippen molar-refractivity contribution < 1.29 is 28.2 Å². The van der Waals surface area contributed by atoms with Gasteiger partial charge in [0.1, 0.15) is 5.78 Å². The van der Waals surface area contributed by atoms with Crippen LogP contribution in [0.15, 0.2) is 48.9 Å². The summed E-state index contributed by atoms with van der Waals surface area (Å²) in [6.45, 7) is 4.14. The topological polar surface area (TPSA) is 121 Å². The fourth-order valence-electron chi connectivity index (χ4n) is 6.42. The van der Waals surface area contributed by atoms with E-state index in [-0.39, 0.29) is 34.8 Å². The monoisotopic (exact) mass is 618 g/mol.